The zero-order chi connectivity index (χ0) is 26.0. The van der Waals surface area contributed by atoms with E-state index in [9.17, 15) is 23.1 Å². The number of pyridine rings is 1. The predicted octanol–water partition coefficient (Wildman–Crippen LogP) is 3.55. The smallest absolute Gasteiger partial charge is 0.433 e. The van der Waals surface area contributed by atoms with Crippen molar-refractivity contribution in [3.8, 4) is 17.2 Å². The van der Waals surface area contributed by atoms with E-state index in [1.165, 1.54) is 36.6 Å². The van der Waals surface area contributed by atoms with E-state index in [0.29, 0.717) is 10.7 Å². The van der Waals surface area contributed by atoms with Crippen LogP contribution < -0.4 is 21.1 Å². The molecule has 0 spiro atoms. The van der Waals surface area contributed by atoms with Gasteiger partial charge in [0.25, 0.3) is 5.91 Å². The number of halogens is 3. The molecule has 1 unspecified atom stereocenters. The van der Waals surface area contributed by atoms with Crippen LogP contribution in [0.4, 0.5) is 18.3 Å². The van der Waals surface area contributed by atoms with E-state index in [1.807, 2.05) is 0 Å². The highest BCUT2D eigenvalue weighted by Crippen LogP contribution is 2.37. The van der Waals surface area contributed by atoms with E-state index in [2.05, 4.69) is 25.6 Å². The molecule has 190 valence electrons. The summed E-state index contributed by atoms with van der Waals surface area (Å²) in [5.74, 6) is -0.511. The molecule has 10 nitrogen and oxygen atoms in total. The Morgan fingerprint density at radius 2 is 2.06 bits per heavy atom. The maximum Gasteiger partial charge on any atom is 0.433 e. The molecule has 0 aliphatic rings. The Morgan fingerprint density at radius 1 is 1.28 bits per heavy atom. The molecule has 14 heteroatoms. The SMILES string of the molecule is COc1ccc(-c2nc(C(=O)NCC(O)Nc3nccs3)c([C@H](C)N)o2)c2ccc(C(F)(F)F)nc12. The van der Waals surface area contributed by atoms with Crippen molar-refractivity contribution < 1.29 is 32.2 Å². The molecule has 0 bridgehead atoms. The molecule has 5 N–H and O–H groups in total. The van der Waals surface area contributed by atoms with Gasteiger partial charge in [-0.1, -0.05) is 0 Å². The van der Waals surface area contributed by atoms with E-state index in [-0.39, 0.29) is 40.5 Å². The number of aromatic nitrogens is 3. The molecule has 0 saturated carbocycles. The number of nitrogens with two attached hydrogens (primary N) is 1. The quantitative estimate of drug-likeness (QED) is 0.255. The molecular formula is C22H21F3N6O4S. The van der Waals surface area contributed by atoms with Crippen molar-refractivity contribution in [3.63, 3.8) is 0 Å². The number of oxazole rings is 1. The highest BCUT2D eigenvalue weighted by Gasteiger charge is 2.33. The number of fused-ring (bicyclic) bond motifs is 1. The summed E-state index contributed by atoms with van der Waals surface area (Å²) in [6.45, 7) is 1.41. The molecule has 36 heavy (non-hydrogen) atoms. The average molecular weight is 523 g/mol. The summed E-state index contributed by atoms with van der Waals surface area (Å²) in [4.78, 5) is 24.8. The lowest BCUT2D eigenvalue weighted by molar-refractivity contribution is -0.140. The van der Waals surface area contributed by atoms with Crippen LogP contribution in [-0.2, 0) is 6.18 Å². The largest absolute Gasteiger partial charge is 0.494 e. The Hall–Kier alpha value is -3.75. The molecule has 0 fully saturated rings. The first-order valence-electron chi connectivity index (χ1n) is 10.5. The summed E-state index contributed by atoms with van der Waals surface area (Å²) in [7, 11) is 1.32. The zero-order valence-corrected chi connectivity index (χ0v) is 19.8. The van der Waals surface area contributed by atoms with Crippen LogP contribution in [0.25, 0.3) is 22.4 Å². The summed E-state index contributed by atoms with van der Waals surface area (Å²) in [5.41, 5.74) is 5.01. The number of amides is 1. The van der Waals surface area contributed by atoms with Crippen LogP contribution in [0.15, 0.2) is 40.3 Å². The number of aliphatic hydroxyl groups is 1. The Labute approximate surface area is 206 Å². The topological polar surface area (TPSA) is 148 Å². The van der Waals surface area contributed by atoms with Gasteiger partial charge in [0.2, 0.25) is 5.89 Å². The Bertz CT molecular complexity index is 1370. The van der Waals surface area contributed by atoms with Gasteiger partial charge in [0.15, 0.2) is 16.6 Å². The number of thiazole rings is 1. The second kappa shape index (κ2) is 10.1. The van der Waals surface area contributed by atoms with Gasteiger partial charge in [-0.3, -0.25) is 4.79 Å². The predicted molar refractivity (Wildman–Crippen MR) is 125 cm³/mol. The first-order valence-corrected chi connectivity index (χ1v) is 11.4. The molecule has 3 heterocycles. The van der Waals surface area contributed by atoms with Gasteiger partial charge < -0.3 is 30.6 Å². The summed E-state index contributed by atoms with van der Waals surface area (Å²) < 4.78 is 50.6. The molecule has 0 saturated heterocycles. The van der Waals surface area contributed by atoms with Crippen molar-refractivity contribution >= 4 is 33.3 Å². The Morgan fingerprint density at radius 3 is 2.69 bits per heavy atom. The second-order valence-electron chi connectivity index (χ2n) is 7.63. The number of methoxy groups -OCH3 is 1. The van der Waals surface area contributed by atoms with E-state index in [4.69, 9.17) is 14.9 Å². The number of rotatable bonds is 8. The van der Waals surface area contributed by atoms with Gasteiger partial charge in [-0.15, -0.1) is 11.3 Å². The van der Waals surface area contributed by atoms with Crippen molar-refractivity contribution in [2.45, 2.75) is 25.4 Å². The maximum absolute atomic E-state index is 13.2. The van der Waals surface area contributed by atoms with Crippen molar-refractivity contribution in [2.24, 2.45) is 5.73 Å². The lowest BCUT2D eigenvalue weighted by Gasteiger charge is -2.12. The zero-order valence-electron chi connectivity index (χ0n) is 19.0. The minimum Gasteiger partial charge on any atom is -0.494 e. The van der Waals surface area contributed by atoms with Crippen molar-refractivity contribution in [2.75, 3.05) is 19.0 Å². The number of alkyl halides is 3. The molecule has 0 aliphatic carbocycles. The number of anilines is 1. The van der Waals surface area contributed by atoms with Crippen LogP contribution in [0.1, 0.15) is 34.9 Å². The van der Waals surface area contributed by atoms with Gasteiger partial charge in [-0.2, -0.15) is 13.2 Å². The number of carbonyl (C=O) groups is 1. The van der Waals surface area contributed by atoms with Crippen LogP contribution >= 0.6 is 11.3 Å². The lowest BCUT2D eigenvalue weighted by atomic mass is 10.1. The molecule has 1 aromatic carbocycles. The fourth-order valence-corrected chi connectivity index (χ4v) is 3.96. The molecule has 1 amide bonds. The summed E-state index contributed by atoms with van der Waals surface area (Å²) in [6, 6.07) is 4.31. The van der Waals surface area contributed by atoms with E-state index in [1.54, 1.807) is 18.5 Å². The van der Waals surface area contributed by atoms with Gasteiger partial charge in [-0.05, 0) is 31.2 Å². The van der Waals surface area contributed by atoms with Crippen LogP contribution in [0, 0.1) is 0 Å². The average Bonchev–Trinajstić information content (AvgIpc) is 3.51. The third kappa shape index (κ3) is 5.24. The molecular weight excluding hydrogens is 501 g/mol. The molecule has 4 aromatic rings. The van der Waals surface area contributed by atoms with Gasteiger partial charge in [0.05, 0.1) is 19.7 Å². The van der Waals surface area contributed by atoms with Crippen molar-refractivity contribution in [1.29, 1.82) is 0 Å². The summed E-state index contributed by atoms with van der Waals surface area (Å²) in [6.07, 6.45) is -4.21. The van der Waals surface area contributed by atoms with Crippen LogP contribution in [0.2, 0.25) is 0 Å². The lowest BCUT2D eigenvalue weighted by Crippen LogP contribution is -2.37. The number of hydrogen-bond donors (Lipinski definition) is 4. The number of nitrogens with zero attached hydrogens (tertiary/aromatic N) is 3. The van der Waals surface area contributed by atoms with Crippen LogP contribution in [0.3, 0.4) is 0 Å². The first kappa shape index (κ1) is 25.3. The summed E-state index contributed by atoms with van der Waals surface area (Å²) >= 11 is 1.28. The standard InChI is InChI=1S/C22H21F3N6O4S/c1-10(26)18-17(19(33)28-9-15(32)30-21-27-7-8-36-21)31-20(35-18)12-3-5-13(34-2)16-11(12)4-6-14(29-16)22(23,24)25/h3-8,10,15,32H,9,26H2,1-2H3,(H,27,30)(H,28,33)/t10-,15?/m0/s1. The first-order chi connectivity index (χ1) is 17.1. The van der Waals surface area contributed by atoms with Gasteiger partial charge in [0, 0.05) is 22.5 Å². The minimum atomic E-state index is -4.65. The molecule has 0 aliphatic heterocycles. The highest BCUT2D eigenvalue weighted by atomic mass is 32.1. The number of nitrogens with one attached hydrogen (secondary N) is 2. The Kier molecular flexibility index (Phi) is 7.10. The summed E-state index contributed by atoms with van der Waals surface area (Å²) in [5, 5.41) is 17.8. The van der Waals surface area contributed by atoms with Crippen molar-refractivity contribution in [3.05, 3.63) is 53.0 Å². The monoisotopic (exact) mass is 522 g/mol. The molecule has 3 aromatic heterocycles. The second-order valence-corrected chi connectivity index (χ2v) is 8.53. The third-order valence-electron chi connectivity index (χ3n) is 5.02. The van der Waals surface area contributed by atoms with Crippen LogP contribution in [0.5, 0.6) is 5.75 Å². The van der Waals surface area contributed by atoms with Crippen LogP contribution in [-0.4, -0.2) is 45.8 Å². The van der Waals surface area contributed by atoms with Crippen molar-refractivity contribution in [1.82, 2.24) is 20.3 Å². The number of benzene rings is 1. The normalized spacial score (nSPS) is 13.4. The van der Waals surface area contributed by atoms with Gasteiger partial charge in [-0.25, -0.2) is 15.0 Å². The number of aliphatic hydroxyl groups excluding tert-OH is 1. The van der Waals surface area contributed by atoms with Gasteiger partial charge in [0.1, 0.15) is 23.2 Å². The number of ether oxygens (including phenoxy) is 1. The molecule has 4 rings (SSSR count). The Balaban J connectivity index is 1.66. The van der Waals surface area contributed by atoms with E-state index >= 15 is 0 Å². The van der Waals surface area contributed by atoms with E-state index < -0.39 is 30.0 Å². The third-order valence-corrected chi connectivity index (χ3v) is 5.73. The highest BCUT2D eigenvalue weighted by molar-refractivity contribution is 7.13. The van der Waals surface area contributed by atoms with Gasteiger partial charge >= 0.3 is 6.18 Å². The fourth-order valence-electron chi connectivity index (χ4n) is 3.38. The molecule has 2 atom stereocenters. The molecule has 0 radical (unpaired) electrons. The van der Waals surface area contributed by atoms with E-state index in [0.717, 1.165) is 6.07 Å². The number of hydrogen-bond acceptors (Lipinski definition) is 10. The maximum atomic E-state index is 13.2. The number of carbonyl (C=O) groups excluding carboxylic acids is 1. The minimum absolute atomic E-state index is 0.0388. The fraction of sp³-hybridized carbons (Fsp3) is 0.273.